The second kappa shape index (κ2) is 10.6. The molecule has 208 valence electrons. The lowest BCUT2D eigenvalue weighted by atomic mass is 10.0. The summed E-state index contributed by atoms with van der Waals surface area (Å²) in [4.78, 5) is 30.4. The minimum Gasteiger partial charge on any atom is -0.465 e. The van der Waals surface area contributed by atoms with Gasteiger partial charge < -0.3 is 24.5 Å². The predicted molar refractivity (Wildman–Crippen MR) is 148 cm³/mol. The molecule has 2 fully saturated rings. The molecular formula is C28H27ClF2N6O3. The van der Waals surface area contributed by atoms with Crippen molar-refractivity contribution in [1.82, 2.24) is 24.8 Å². The number of hydrogen-bond acceptors (Lipinski definition) is 7. The summed E-state index contributed by atoms with van der Waals surface area (Å²) in [6.07, 6.45) is 2.56. The quantitative estimate of drug-likeness (QED) is 0.357. The first-order valence-electron chi connectivity index (χ1n) is 13.1. The number of piperazine rings is 1. The number of hydrogen-bond donors (Lipinski definition) is 1. The van der Waals surface area contributed by atoms with E-state index in [1.165, 1.54) is 17.2 Å². The van der Waals surface area contributed by atoms with Crippen molar-refractivity contribution in [3.63, 3.8) is 0 Å². The zero-order chi connectivity index (χ0) is 28.0. The van der Waals surface area contributed by atoms with Gasteiger partial charge in [-0.25, -0.2) is 13.6 Å². The molecule has 4 aromatic rings. The summed E-state index contributed by atoms with van der Waals surface area (Å²) >= 11 is 6.33. The molecule has 2 aromatic carbocycles. The lowest BCUT2D eigenvalue weighted by Gasteiger charge is -2.34. The van der Waals surface area contributed by atoms with E-state index in [4.69, 9.17) is 16.3 Å². The highest BCUT2D eigenvalue weighted by Crippen LogP contribution is 2.38. The summed E-state index contributed by atoms with van der Waals surface area (Å²) in [5.41, 5.74) is 0.328. The Morgan fingerprint density at radius 2 is 1.93 bits per heavy atom. The van der Waals surface area contributed by atoms with Crippen molar-refractivity contribution in [2.24, 2.45) is 0 Å². The number of amides is 1. The number of benzene rings is 2. The number of halogens is 3. The summed E-state index contributed by atoms with van der Waals surface area (Å²) in [7, 11) is 2.03. The van der Waals surface area contributed by atoms with Crippen molar-refractivity contribution in [2.45, 2.75) is 18.9 Å². The van der Waals surface area contributed by atoms with Gasteiger partial charge in [0.05, 0.1) is 10.4 Å². The number of carboxylic acid groups (broad SMARTS) is 1. The minimum atomic E-state index is -0.987. The van der Waals surface area contributed by atoms with E-state index in [1.807, 2.05) is 11.9 Å². The number of likely N-dealkylation sites (tertiary alicyclic amines) is 1. The Labute approximate surface area is 233 Å². The molecule has 2 aliphatic rings. The lowest BCUT2D eigenvalue weighted by Crippen LogP contribution is -2.48. The van der Waals surface area contributed by atoms with E-state index in [9.17, 15) is 14.3 Å². The number of nitrogens with zero attached hydrogens (tertiary/aromatic N) is 6. The smallest absolute Gasteiger partial charge is 0.407 e. The molecule has 6 rings (SSSR count). The maximum absolute atomic E-state index is 16.4. The maximum atomic E-state index is 16.4. The van der Waals surface area contributed by atoms with E-state index in [2.05, 4.69) is 19.9 Å². The normalized spacial score (nSPS) is 18.1. The van der Waals surface area contributed by atoms with Gasteiger partial charge in [0.1, 0.15) is 29.5 Å². The summed E-state index contributed by atoms with van der Waals surface area (Å²) in [5.74, 6) is -0.897. The van der Waals surface area contributed by atoms with Crippen LogP contribution in [-0.4, -0.2) is 88.4 Å². The van der Waals surface area contributed by atoms with Gasteiger partial charge in [-0.15, -0.1) is 0 Å². The Morgan fingerprint density at radius 1 is 1.12 bits per heavy atom. The van der Waals surface area contributed by atoms with Gasteiger partial charge in [0.2, 0.25) is 0 Å². The third-order valence-corrected chi connectivity index (χ3v) is 8.13. The molecule has 0 saturated carbocycles. The third-order valence-electron chi connectivity index (χ3n) is 7.76. The highest BCUT2D eigenvalue weighted by Gasteiger charge is 2.27. The van der Waals surface area contributed by atoms with Crippen LogP contribution in [0.3, 0.4) is 0 Å². The Balaban J connectivity index is 1.46. The van der Waals surface area contributed by atoms with Crippen molar-refractivity contribution >= 4 is 45.2 Å². The molecule has 12 heteroatoms. The van der Waals surface area contributed by atoms with E-state index < -0.39 is 17.7 Å². The van der Waals surface area contributed by atoms with Crippen LogP contribution in [-0.2, 0) is 0 Å². The van der Waals surface area contributed by atoms with Crippen LogP contribution >= 0.6 is 11.6 Å². The van der Waals surface area contributed by atoms with Gasteiger partial charge >= 0.3 is 12.1 Å². The van der Waals surface area contributed by atoms with E-state index in [1.54, 1.807) is 24.3 Å². The summed E-state index contributed by atoms with van der Waals surface area (Å²) in [6.45, 7) is 2.61. The third kappa shape index (κ3) is 4.73. The number of likely N-dealkylation sites (N-methyl/N-ethyl adjacent to an activating group) is 1. The van der Waals surface area contributed by atoms with Crippen LogP contribution in [0.4, 0.5) is 19.4 Å². The average molecular weight is 569 g/mol. The second-order valence-electron chi connectivity index (χ2n) is 10.1. The van der Waals surface area contributed by atoms with Gasteiger partial charge in [-0.2, -0.15) is 9.97 Å². The molecule has 1 amide bonds. The Morgan fingerprint density at radius 3 is 2.65 bits per heavy atom. The molecule has 0 radical (unpaired) electrons. The molecule has 9 nitrogen and oxygen atoms in total. The monoisotopic (exact) mass is 568 g/mol. The zero-order valence-electron chi connectivity index (χ0n) is 21.8. The Kier molecular flexibility index (Phi) is 7.01. The molecule has 2 aromatic heterocycles. The van der Waals surface area contributed by atoms with E-state index in [-0.39, 0.29) is 41.4 Å². The topological polar surface area (TPSA) is 94.9 Å². The number of aromatic nitrogens is 3. The average Bonchev–Trinajstić information content (AvgIpc) is 3.38. The van der Waals surface area contributed by atoms with Gasteiger partial charge in [0.15, 0.2) is 5.82 Å². The van der Waals surface area contributed by atoms with Gasteiger partial charge in [0.25, 0.3) is 0 Å². The van der Waals surface area contributed by atoms with Crippen LogP contribution in [0, 0.1) is 11.6 Å². The molecule has 0 bridgehead atoms. The van der Waals surface area contributed by atoms with Gasteiger partial charge in [-0.3, -0.25) is 4.98 Å². The highest BCUT2D eigenvalue weighted by atomic mass is 35.5. The second-order valence-corrected chi connectivity index (χ2v) is 10.5. The van der Waals surface area contributed by atoms with Crippen molar-refractivity contribution in [2.75, 3.05) is 51.3 Å². The van der Waals surface area contributed by atoms with Gasteiger partial charge in [-0.05, 0) is 37.9 Å². The SMILES string of the molecule is CN1CCC[C@H]1COc1nc(N2CCN(C(=O)O)CC2)c2cnc(-c3cccc4ccc(F)c(Cl)c34)c(F)c2n1. The van der Waals surface area contributed by atoms with E-state index in [0.29, 0.717) is 47.2 Å². The number of anilines is 1. The number of fused-ring (bicyclic) bond motifs is 2. The molecule has 0 spiro atoms. The first kappa shape index (κ1) is 26.4. The molecule has 0 unspecified atom stereocenters. The molecular weight excluding hydrogens is 542 g/mol. The molecule has 2 saturated heterocycles. The molecule has 0 aliphatic carbocycles. The van der Waals surface area contributed by atoms with E-state index >= 15 is 4.39 Å². The van der Waals surface area contributed by atoms with Crippen LogP contribution in [0.5, 0.6) is 6.01 Å². The van der Waals surface area contributed by atoms with Gasteiger partial charge in [0, 0.05) is 49.4 Å². The van der Waals surface area contributed by atoms with Crippen molar-refractivity contribution in [1.29, 1.82) is 0 Å². The molecule has 1 atom stereocenters. The number of ether oxygens (including phenoxy) is 1. The molecule has 4 heterocycles. The van der Waals surface area contributed by atoms with Crippen LogP contribution in [0.2, 0.25) is 5.02 Å². The van der Waals surface area contributed by atoms with E-state index in [0.717, 1.165) is 19.4 Å². The van der Waals surface area contributed by atoms with Crippen molar-refractivity contribution < 1.29 is 23.4 Å². The molecule has 40 heavy (non-hydrogen) atoms. The zero-order valence-corrected chi connectivity index (χ0v) is 22.5. The lowest BCUT2D eigenvalue weighted by molar-refractivity contribution is 0.142. The van der Waals surface area contributed by atoms with Crippen LogP contribution in [0.1, 0.15) is 12.8 Å². The Hall–Kier alpha value is -3.83. The van der Waals surface area contributed by atoms with Crippen molar-refractivity contribution in [3.8, 4) is 17.3 Å². The van der Waals surface area contributed by atoms with Crippen LogP contribution in [0.25, 0.3) is 32.9 Å². The number of rotatable bonds is 5. The fourth-order valence-corrected chi connectivity index (χ4v) is 5.77. The summed E-state index contributed by atoms with van der Waals surface area (Å²) in [5, 5.41) is 10.6. The fourth-order valence-electron chi connectivity index (χ4n) is 5.49. The summed E-state index contributed by atoms with van der Waals surface area (Å²) in [6, 6.07) is 8.23. The predicted octanol–water partition coefficient (Wildman–Crippen LogP) is 5.05. The Bertz CT molecular complexity index is 1610. The number of carbonyl (C=O) groups is 1. The fraction of sp³-hybridized carbons (Fsp3) is 0.357. The highest BCUT2D eigenvalue weighted by molar-refractivity contribution is 6.36. The van der Waals surface area contributed by atoms with Crippen LogP contribution < -0.4 is 9.64 Å². The number of pyridine rings is 1. The van der Waals surface area contributed by atoms with Crippen LogP contribution in [0.15, 0.2) is 36.5 Å². The van der Waals surface area contributed by atoms with Gasteiger partial charge in [-0.1, -0.05) is 35.9 Å². The standard InChI is InChI=1S/C28H27ClF2N6O3/c1-35-9-3-5-17(35)15-40-27-33-25-19(26(34-27)36-10-12-37(13-11-36)28(38)39)14-32-24(23(25)31)18-6-2-4-16-7-8-20(30)22(29)21(16)18/h2,4,6-8,14,17H,3,5,9-13,15H2,1H3,(H,38,39)/t17-/m0/s1. The largest absolute Gasteiger partial charge is 0.465 e. The first-order valence-corrected chi connectivity index (χ1v) is 13.5. The first-order chi connectivity index (χ1) is 19.3. The maximum Gasteiger partial charge on any atom is 0.407 e. The molecule has 2 aliphatic heterocycles. The van der Waals surface area contributed by atoms with Crippen molar-refractivity contribution in [3.05, 3.63) is 53.2 Å². The molecule has 1 N–H and O–H groups in total. The minimum absolute atomic E-state index is 0.00923. The summed E-state index contributed by atoms with van der Waals surface area (Å²) < 4.78 is 36.8.